The lowest BCUT2D eigenvalue weighted by molar-refractivity contribution is 0.383. The molecule has 1 nitrogen and oxygen atoms in total. The Hall–Kier alpha value is -0.820. The zero-order valence-electron chi connectivity index (χ0n) is 6.87. The van der Waals surface area contributed by atoms with E-state index >= 15 is 0 Å². The Kier molecular flexibility index (Phi) is 1.46. The molecule has 0 radical (unpaired) electrons. The van der Waals surface area contributed by atoms with Gasteiger partial charge in [0.1, 0.15) is 6.10 Å². The third-order valence-corrected chi connectivity index (χ3v) is 2.12. The molecule has 0 aliphatic carbocycles. The predicted octanol–water partition coefficient (Wildman–Crippen LogP) is 2.45. The van der Waals surface area contributed by atoms with Crippen molar-refractivity contribution in [3.8, 4) is 0 Å². The van der Waals surface area contributed by atoms with Crippen molar-refractivity contribution in [2.75, 3.05) is 0 Å². The van der Waals surface area contributed by atoms with Crippen LogP contribution in [0, 0.1) is 6.92 Å². The van der Waals surface area contributed by atoms with Crippen LogP contribution < -0.4 is 0 Å². The largest absolute Gasteiger partial charge is 0.365 e. The zero-order valence-corrected chi connectivity index (χ0v) is 6.87. The molecule has 1 fully saturated rings. The van der Waals surface area contributed by atoms with Crippen LogP contribution in [0.5, 0.6) is 0 Å². The minimum atomic E-state index is 0.371. The fraction of sp³-hybridized carbons (Fsp3) is 0.400. The van der Waals surface area contributed by atoms with Crippen molar-refractivity contribution in [1.82, 2.24) is 0 Å². The first kappa shape index (κ1) is 6.86. The summed E-state index contributed by atoms with van der Waals surface area (Å²) in [6.07, 6.45) is 0.799. The highest BCUT2D eigenvalue weighted by molar-refractivity contribution is 5.26. The summed E-state index contributed by atoms with van der Waals surface area (Å²) in [7, 11) is 0. The van der Waals surface area contributed by atoms with Gasteiger partial charge in [-0.05, 0) is 19.4 Å². The molecule has 0 aromatic heterocycles. The van der Waals surface area contributed by atoms with Gasteiger partial charge in [0.05, 0.1) is 6.10 Å². The topological polar surface area (TPSA) is 12.5 Å². The Morgan fingerprint density at radius 3 is 2.18 bits per heavy atom. The van der Waals surface area contributed by atoms with Gasteiger partial charge in [-0.1, -0.05) is 29.8 Å². The van der Waals surface area contributed by atoms with Crippen LogP contribution in [0.1, 0.15) is 24.2 Å². The number of epoxide rings is 1. The van der Waals surface area contributed by atoms with E-state index in [0.29, 0.717) is 12.2 Å². The number of rotatable bonds is 1. The molecule has 1 aliphatic rings. The molecule has 1 aromatic rings. The smallest absolute Gasteiger partial charge is 0.109 e. The van der Waals surface area contributed by atoms with Crippen LogP contribution in [0.4, 0.5) is 0 Å². The predicted molar refractivity (Wildman–Crippen MR) is 44.5 cm³/mol. The lowest BCUT2D eigenvalue weighted by Gasteiger charge is -1.95. The van der Waals surface area contributed by atoms with Crippen LogP contribution >= 0.6 is 0 Å². The Morgan fingerprint density at radius 1 is 1.18 bits per heavy atom. The monoisotopic (exact) mass is 148 g/mol. The average Bonchev–Trinajstić information content (AvgIpc) is 2.69. The first-order chi connectivity index (χ1) is 5.27. The van der Waals surface area contributed by atoms with E-state index in [2.05, 4.69) is 38.1 Å². The fourth-order valence-electron chi connectivity index (χ4n) is 1.29. The molecule has 1 heterocycles. The highest BCUT2D eigenvalue weighted by atomic mass is 16.6. The van der Waals surface area contributed by atoms with Crippen molar-refractivity contribution in [1.29, 1.82) is 0 Å². The molecule has 0 unspecified atom stereocenters. The average molecular weight is 148 g/mol. The molecule has 0 N–H and O–H groups in total. The third-order valence-electron chi connectivity index (χ3n) is 2.12. The van der Waals surface area contributed by atoms with E-state index in [0.717, 1.165) is 0 Å². The minimum absolute atomic E-state index is 0.371. The van der Waals surface area contributed by atoms with Crippen LogP contribution in [-0.2, 0) is 4.74 Å². The SMILES string of the molecule is Cc1ccc([C@H]2O[C@H]2C)cc1. The molecule has 58 valence electrons. The Balaban J connectivity index is 2.21. The van der Waals surface area contributed by atoms with Gasteiger partial charge in [-0.2, -0.15) is 0 Å². The molecule has 11 heavy (non-hydrogen) atoms. The second-order valence-electron chi connectivity index (χ2n) is 3.17. The number of aryl methyl sites for hydroxylation is 1. The van der Waals surface area contributed by atoms with E-state index in [1.807, 2.05) is 0 Å². The summed E-state index contributed by atoms with van der Waals surface area (Å²) in [5, 5.41) is 0. The minimum Gasteiger partial charge on any atom is -0.365 e. The van der Waals surface area contributed by atoms with Gasteiger partial charge in [0.25, 0.3) is 0 Å². The zero-order chi connectivity index (χ0) is 7.84. The van der Waals surface area contributed by atoms with E-state index in [1.54, 1.807) is 0 Å². The maximum atomic E-state index is 5.34. The molecule has 0 bridgehead atoms. The van der Waals surface area contributed by atoms with Crippen molar-refractivity contribution in [2.45, 2.75) is 26.1 Å². The second-order valence-corrected chi connectivity index (χ2v) is 3.17. The van der Waals surface area contributed by atoms with Crippen LogP contribution in [-0.4, -0.2) is 6.10 Å². The van der Waals surface area contributed by atoms with Crippen molar-refractivity contribution in [2.24, 2.45) is 0 Å². The third kappa shape index (κ3) is 1.29. The van der Waals surface area contributed by atoms with Crippen LogP contribution in [0.15, 0.2) is 24.3 Å². The van der Waals surface area contributed by atoms with Crippen LogP contribution in [0.2, 0.25) is 0 Å². The highest BCUT2D eigenvalue weighted by Crippen LogP contribution is 2.37. The van der Waals surface area contributed by atoms with Gasteiger partial charge < -0.3 is 4.74 Å². The Morgan fingerprint density at radius 2 is 1.73 bits per heavy atom. The van der Waals surface area contributed by atoms with Crippen molar-refractivity contribution in [3.05, 3.63) is 35.4 Å². The van der Waals surface area contributed by atoms with Gasteiger partial charge in [-0.25, -0.2) is 0 Å². The second kappa shape index (κ2) is 2.35. The van der Waals surface area contributed by atoms with Crippen molar-refractivity contribution in [3.63, 3.8) is 0 Å². The molecule has 1 aliphatic heterocycles. The molecule has 1 saturated heterocycles. The normalized spacial score (nSPS) is 28.5. The van der Waals surface area contributed by atoms with E-state index < -0.39 is 0 Å². The molecule has 0 amide bonds. The van der Waals surface area contributed by atoms with E-state index in [1.165, 1.54) is 11.1 Å². The van der Waals surface area contributed by atoms with Gasteiger partial charge in [0, 0.05) is 0 Å². The molecule has 1 heteroatoms. The molecule has 0 spiro atoms. The van der Waals surface area contributed by atoms with Gasteiger partial charge in [0.15, 0.2) is 0 Å². The summed E-state index contributed by atoms with van der Waals surface area (Å²) in [5.74, 6) is 0. The summed E-state index contributed by atoms with van der Waals surface area (Å²) in [6, 6.07) is 8.54. The van der Waals surface area contributed by atoms with Crippen molar-refractivity contribution < 1.29 is 4.74 Å². The standard InChI is InChI=1S/C10H12O/c1-7-3-5-9(6-4-7)10-8(2)11-10/h3-6,8,10H,1-2H3/t8-,10-/m0/s1. The Bertz CT molecular complexity index is 250. The molecular formula is C10H12O. The Labute approximate surface area is 67.0 Å². The van der Waals surface area contributed by atoms with E-state index in [4.69, 9.17) is 4.74 Å². The van der Waals surface area contributed by atoms with E-state index in [-0.39, 0.29) is 0 Å². The molecule has 1 aromatic carbocycles. The van der Waals surface area contributed by atoms with Crippen LogP contribution in [0.25, 0.3) is 0 Å². The highest BCUT2D eigenvalue weighted by Gasteiger charge is 2.35. The summed E-state index contributed by atoms with van der Waals surface area (Å²) in [6.45, 7) is 4.20. The summed E-state index contributed by atoms with van der Waals surface area (Å²) >= 11 is 0. The number of hydrogen-bond acceptors (Lipinski definition) is 1. The van der Waals surface area contributed by atoms with Crippen LogP contribution in [0.3, 0.4) is 0 Å². The van der Waals surface area contributed by atoms with Gasteiger partial charge in [-0.15, -0.1) is 0 Å². The fourth-order valence-corrected chi connectivity index (χ4v) is 1.29. The van der Waals surface area contributed by atoms with E-state index in [9.17, 15) is 0 Å². The molecule has 2 rings (SSSR count). The molecular weight excluding hydrogens is 136 g/mol. The summed E-state index contributed by atoms with van der Waals surface area (Å²) < 4.78 is 5.34. The molecule has 2 atom stereocenters. The number of benzene rings is 1. The van der Waals surface area contributed by atoms with Gasteiger partial charge in [0.2, 0.25) is 0 Å². The first-order valence-corrected chi connectivity index (χ1v) is 3.99. The first-order valence-electron chi connectivity index (χ1n) is 3.99. The van der Waals surface area contributed by atoms with Gasteiger partial charge >= 0.3 is 0 Å². The van der Waals surface area contributed by atoms with Crippen molar-refractivity contribution >= 4 is 0 Å². The summed E-state index contributed by atoms with van der Waals surface area (Å²) in [4.78, 5) is 0. The summed E-state index contributed by atoms with van der Waals surface area (Å²) in [5.41, 5.74) is 2.62. The van der Waals surface area contributed by atoms with Gasteiger partial charge in [-0.3, -0.25) is 0 Å². The number of hydrogen-bond donors (Lipinski definition) is 0. The lowest BCUT2D eigenvalue weighted by Crippen LogP contribution is -1.82. The maximum Gasteiger partial charge on any atom is 0.109 e. The lowest BCUT2D eigenvalue weighted by atomic mass is 10.1. The number of ether oxygens (including phenoxy) is 1. The quantitative estimate of drug-likeness (QED) is 0.557. The maximum absolute atomic E-state index is 5.34. The molecule has 0 saturated carbocycles.